The van der Waals surface area contributed by atoms with E-state index in [0.29, 0.717) is 5.16 Å². The molecule has 0 amide bonds. The zero-order chi connectivity index (χ0) is 5.28. The van der Waals surface area contributed by atoms with Crippen molar-refractivity contribution in [1.82, 2.24) is 0 Å². The zero-order valence-corrected chi connectivity index (χ0v) is 4.68. The largest absolute Gasteiger partial charge is 0.180 e. The van der Waals surface area contributed by atoms with Crippen LogP contribution in [0, 0.1) is 0 Å². The van der Waals surface area contributed by atoms with Gasteiger partial charge >= 0.3 is 0 Å². The number of halogens is 1. The van der Waals surface area contributed by atoms with Gasteiger partial charge in [-0.1, -0.05) is 11.6 Å². The summed E-state index contributed by atoms with van der Waals surface area (Å²) in [7, 11) is 0. The lowest BCUT2D eigenvalue weighted by molar-refractivity contribution is 0.894. The van der Waals surface area contributed by atoms with Crippen molar-refractivity contribution < 1.29 is 0 Å². The third kappa shape index (κ3) is 0.996. The van der Waals surface area contributed by atoms with Crippen molar-refractivity contribution in [1.29, 1.82) is 0 Å². The molecule has 0 aliphatic carbocycles. The molecule has 1 rings (SSSR count). The summed E-state index contributed by atoms with van der Waals surface area (Å²) in [4.78, 5) is 0. The molecule has 2 nitrogen and oxygen atoms in total. The molecule has 0 N–H and O–H groups in total. The fourth-order valence-electron chi connectivity index (χ4n) is 0.412. The summed E-state index contributed by atoms with van der Waals surface area (Å²) in [6.45, 7) is 1.93. The van der Waals surface area contributed by atoms with Crippen LogP contribution < -0.4 is 0 Å². The van der Waals surface area contributed by atoms with E-state index in [-0.39, 0.29) is 6.04 Å². The Bertz CT molecular complexity index is 128. The summed E-state index contributed by atoms with van der Waals surface area (Å²) in [5.41, 5.74) is 0. The fraction of sp³-hybridized carbons (Fsp3) is 0.500. The summed E-state index contributed by atoms with van der Waals surface area (Å²) in [5, 5.41) is 7.79. The number of nitrogens with zero attached hydrogens (tertiary/aromatic N) is 2. The first-order chi connectivity index (χ1) is 3.29. The lowest BCUT2D eigenvalue weighted by atomic mass is 10.4. The molecule has 0 aromatic rings. The molecule has 3 heteroatoms. The second-order valence-electron chi connectivity index (χ2n) is 1.45. The van der Waals surface area contributed by atoms with Gasteiger partial charge in [0.2, 0.25) is 0 Å². The second-order valence-corrected chi connectivity index (χ2v) is 1.83. The van der Waals surface area contributed by atoms with Gasteiger partial charge in [-0.2, -0.15) is 5.11 Å². The Morgan fingerprint density at radius 3 is 2.71 bits per heavy atom. The van der Waals surface area contributed by atoms with Crippen molar-refractivity contribution in [2.75, 3.05) is 0 Å². The van der Waals surface area contributed by atoms with Crippen LogP contribution in [-0.2, 0) is 0 Å². The third-order valence-electron chi connectivity index (χ3n) is 0.714. The summed E-state index contributed by atoms with van der Waals surface area (Å²) >= 11 is 5.41. The Morgan fingerprint density at radius 2 is 2.57 bits per heavy atom. The van der Waals surface area contributed by atoms with Gasteiger partial charge in [0.1, 0.15) is 5.16 Å². The summed E-state index contributed by atoms with van der Waals surface area (Å²) < 4.78 is 0. The highest BCUT2D eigenvalue weighted by Crippen LogP contribution is 2.14. The average molecular weight is 117 g/mol. The minimum absolute atomic E-state index is 0.187. The molecular weight excluding hydrogens is 112 g/mol. The Kier molecular flexibility index (Phi) is 1.11. The molecule has 0 radical (unpaired) electrons. The molecule has 1 heterocycles. The molecule has 1 atom stereocenters. The van der Waals surface area contributed by atoms with Crippen molar-refractivity contribution in [3.05, 3.63) is 11.2 Å². The van der Waals surface area contributed by atoms with E-state index >= 15 is 0 Å². The maximum Gasteiger partial charge on any atom is 0.149 e. The second kappa shape index (κ2) is 1.62. The van der Waals surface area contributed by atoms with Crippen molar-refractivity contribution >= 4 is 11.6 Å². The first-order valence-corrected chi connectivity index (χ1v) is 2.45. The molecule has 1 unspecified atom stereocenters. The van der Waals surface area contributed by atoms with Crippen molar-refractivity contribution in [3.8, 4) is 0 Å². The van der Waals surface area contributed by atoms with Gasteiger partial charge in [-0.25, -0.2) is 0 Å². The molecule has 0 aromatic heterocycles. The van der Waals surface area contributed by atoms with E-state index in [4.69, 9.17) is 11.6 Å². The summed E-state index contributed by atoms with van der Waals surface area (Å²) in [6.07, 6.45) is 1.79. The molecule has 0 bridgehead atoms. The van der Waals surface area contributed by atoms with E-state index in [1.54, 1.807) is 6.08 Å². The number of rotatable bonds is 0. The van der Waals surface area contributed by atoms with Crippen LogP contribution in [0.1, 0.15) is 6.92 Å². The van der Waals surface area contributed by atoms with Crippen LogP contribution in [0.3, 0.4) is 0 Å². The Balaban J connectivity index is 2.69. The fourth-order valence-corrected chi connectivity index (χ4v) is 0.638. The number of hydrogen-bond donors (Lipinski definition) is 0. The van der Waals surface area contributed by atoms with Crippen molar-refractivity contribution in [2.24, 2.45) is 10.2 Å². The van der Waals surface area contributed by atoms with Crippen molar-refractivity contribution in [3.63, 3.8) is 0 Å². The minimum Gasteiger partial charge on any atom is -0.180 e. The quantitative estimate of drug-likeness (QED) is 0.432. The SMILES string of the molecule is CC1C=C(Cl)N=N1. The van der Waals surface area contributed by atoms with E-state index in [2.05, 4.69) is 10.2 Å². The molecule has 1 aliphatic rings. The van der Waals surface area contributed by atoms with E-state index in [1.165, 1.54) is 0 Å². The van der Waals surface area contributed by atoms with Crippen LogP contribution in [0.15, 0.2) is 21.5 Å². The lowest BCUT2D eigenvalue weighted by Crippen LogP contribution is -1.82. The normalized spacial score (nSPS) is 28.3. The van der Waals surface area contributed by atoms with E-state index in [0.717, 1.165) is 0 Å². The average Bonchev–Trinajstić information content (AvgIpc) is 1.87. The lowest BCUT2D eigenvalue weighted by Gasteiger charge is -1.80. The molecule has 7 heavy (non-hydrogen) atoms. The number of hydrogen-bond acceptors (Lipinski definition) is 2. The molecule has 0 fully saturated rings. The van der Waals surface area contributed by atoms with Crippen LogP contribution in [0.25, 0.3) is 0 Å². The highest BCUT2D eigenvalue weighted by molar-refractivity contribution is 6.29. The zero-order valence-electron chi connectivity index (χ0n) is 3.93. The Morgan fingerprint density at radius 1 is 1.86 bits per heavy atom. The maximum absolute atomic E-state index is 5.41. The predicted octanol–water partition coefficient (Wildman–Crippen LogP) is 1.92. The van der Waals surface area contributed by atoms with Crippen LogP contribution in [0.2, 0.25) is 0 Å². The van der Waals surface area contributed by atoms with Gasteiger partial charge in [0.25, 0.3) is 0 Å². The van der Waals surface area contributed by atoms with Crippen molar-refractivity contribution in [2.45, 2.75) is 13.0 Å². The standard InChI is InChI=1S/C4H5ClN2/c1-3-2-4(5)7-6-3/h2-3H,1H3. The van der Waals surface area contributed by atoms with Crippen LogP contribution in [0.5, 0.6) is 0 Å². The van der Waals surface area contributed by atoms with Crippen LogP contribution in [-0.4, -0.2) is 6.04 Å². The first-order valence-electron chi connectivity index (χ1n) is 2.07. The van der Waals surface area contributed by atoms with Gasteiger partial charge in [0.05, 0.1) is 6.04 Å². The Hall–Kier alpha value is -0.370. The van der Waals surface area contributed by atoms with E-state index in [1.807, 2.05) is 6.92 Å². The van der Waals surface area contributed by atoms with Gasteiger partial charge in [-0.3, -0.25) is 0 Å². The highest BCUT2D eigenvalue weighted by Gasteiger charge is 2.02. The van der Waals surface area contributed by atoms with Gasteiger partial charge in [0.15, 0.2) is 0 Å². The van der Waals surface area contributed by atoms with Gasteiger partial charge in [-0.15, -0.1) is 5.11 Å². The molecule has 0 aromatic carbocycles. The minimum atomic E-state index is 0.187. The molecule has 0 saturated carbocycles. The maximum atomic E-state index is 5.41. The topological polar surface area (TPSA) is 24.7 Å². The smallest absolute Gasteiger partial charge is 0.149 e. The van der Waals surface area contributed by atoms with E-state index < -0.39 is 0 Å². The molecule has 38 valence electrons. The summed E-state index contributed by atoms with van der Waals surface area (Å²) in [5.74, 6) is 0. The summed E-state index contributed by atoms with van der Waals surface area (Å²) in [6, 6.07) is 0.187. The van der Waals surface area contributed by atoms with E-state index in [9.17, 15) is 0 Å². The molecule has 1 aliphatic heterocycles. The highest BCUT2D eigenvalue weighted by atomic mass is 35.5. The number of azo groups is 1. The van der Waals surface area contributed by atoms with Gasteiger partial charge in [0, 0.05) is 0 Å². The molecule has 0 spiro atoms. The molecular formula is C4H5ClN2. The van der Waals surface area contributed by atoms with Crippen LogP contribution >= 0.6 is 11.6 Å². The van der Waals surface area contributed by atoms with Gasteiger partial charge < -0.3 is 0 Å². The molecule has 0 saturated heterocycles. The van der Waals surface area contributed by atoms with Gasteiger partial charge in [-0.05, 0) is 13.0 Å². The van der Waals surface area contributed by atoms with Crippen LogP contribution in [0.4, 0.5) is 0 Å². The first kappa shape index (κ1) is 4.78. The third-order valence-corrected chi connectivity index (χ3v) is 0.916. The monoisotopic (exact) mass is 116 g/mol. The Labute approximate surface area is 46.9 Å². The predicted molar refractivity (Wildman–Crippen MR) is 28.3 cm³/mol.